The van der Waals surface area contributed by atoms with Gasteiger partial charge < -0.3 is 19.1 Å². The Hall–Kier alpha value is -3.06. The summed E-state index contributed by atoms with van der Waals surface area (Å²) in [4.78, 5) is 12.9. The third-order valence-electron chi connectivity index (χ3n) is 4.99. The Bertz CT molecular complexity index is 1270. The number of hydrogen-bond donors (Lipinski definition) is 1. The summed E-state index contributed by atoms with van der Waals surface area (Å²) in [7, 11) is -4.12. The van der Waals surface area contributed by atoms with E-state index in [0.29, 0.717) is 17.1 Å². The Morgan fingerprint density at radius 3 is 1.69 bits per heavy atom. The quantitative estimate of drug-likeness (QED) is 0.188. The Morgan fingerprint density at radius 2 is 1.19 bits per heavy atom. The molecule has 36 heavy (non-hydrogen) atoms. The average molecular weight is 631 g/mol. The minimum atomic E-state index is -4.12. The molecule has 4 rings (SSSR count). The molecule has 0 saturated heterocycles. The highest BCUT2D eigenvalue weighted by Gasteiger charge is 2.42. The SMILES string of the molecule is O=C(NC(c1ccccc1)P(=O)(Oc1ccc(Br)cc1)Oc1ccc(Br)cc1)OCc1ccccc1. The van der Waals surface area contributed by atoms with Gasteiger partial charge in [-0.25, -0.2) is 9.36 Å². The third kappa shape index (κ3) is 7.23. The molecule has 1 N–H and O–H groups in total. The van der Waals surface area contributed by atoms with Gasteiger partial charge in [0.2, 0.25) is 0 Å². The van der Waals surface area contributed by atoms with Gasteiger partial charge >= 0.3 is 13.7 Å². The van der Waals surface area contributed by atoms with E-state index in [-0.39, 0.29) is 6.61 Å². The van der Waals surface area contributed by atoms with Crippen LogP contribution in [0.5, 0.6) is 11.5 Å². The summed E-state index contributed by atoms with van der Waals surface area (Å²) in [5, 5.41) is 2.71. The van der Waals surface area contributed by atoms with Crippen LogP contribution in [0.25, 0.3) is 0 Å². The molecule has 0 aliphatic carbocycles. The van der Waals surface area contributed by atoms with Gasteiger partial charge in [0.05, 0.1) is 0 Å². The molecule has 6 nitrogen and oxygen atoms in total. The lowest BCUT2D eigenvalue weighted by Gasteiger charge is -2.28. The van der Waals surface area contributed by atoms with Crippen molar-refractivity contribution in [3.63, 3.8) is 0 Å². The lowest BCUT2D eigenvalue weighted by molar-refractivity contribution is 0.137. The normalized spacial score (nSPS) is 11.8. The Kier molecular flexibility index (Phi) is 8.86. The summed E-state index contributed by atoms with van der Waals surface area (Å²) in [5.41, 5.74) is 1.36. The maximum Gasteiger partial charge on any atom is 0.457 e. The van der Waals surface area contributed by atoms with Crippen LogP contribution in [-0.4, -0.2) is 6.09 Å². The maximum absolute atomic E-state index is 14.5. The lowest BCUT2D eigenvalue weighted by Crippen LogP contribution is -2.31. The number of halogens is 2. The maximum atomic E-state index is 14.5. The molecule has 9 heteroatoms. The van der Waals surface area contributed by atoms with Crippen LogP contribution in [0.2, 0.25) is 0 Å². The number of hydrogen-bond acceptors (Lipinski definition) is 5. The number of carbonyl (C=O) groups is 1. The van der Waals surface area contributed by atoms with Gasteiger partial charge in [-0.05, 0) is 59.7 Å². The van der Waals surface area contributed by atoms with Gasteiger partial charge in [-0.15, -0.1) is 0 Å². The van der Waals surface area contributed by atoms with Gasteiger partial charge in [-0.1, -0.05) is 92.5 Å². The molecule has 0 bridgehead atoms. The fraction of sp³-hybridized carbons (Fsp3) is 0.0741. The van der Waals surface area contributed by atoms with Crippen molar-refractivity contribution in [2.24, 2.45) is 0 Å². The van der Waals surface area contributed by atoms with Crippen LogP contribution >= 0.6 is 39.5 Å². The molecule has 184 valence electrons. The minimum absolute atomic E-state index is 0.0552. The predicted octanol–water partition coefficient (Wildman–Crippen LogP) is 8.49. The Balaban J connectivity index is 1.66. The first-order chi connectivity index (χ1) is 17.4. The predicted molar refractivity (Wildman–Crippen MR) is 146 cm³/mol. The molecule has 0 radical (unpaired) electrons. The highest BCUT2D eigenvalue weighted by Crippen LogP contribution is 2.59. The first-order valence-electron chi connectivity index (χ1n) is 10.9. The van der Waals surface area contributed by atoms with Crippen LogP contribution in [0.15, 0.2) is 118 Å². The number of carbonyl (C=O) groups excluding carboxylic acids is 1. The minimum Gasteiger partial charge on any atom is -0.445 e. The molecule has 1 amide bonds. The molecule has 0 aromatic heterocycles. The van der Waals surface area contributed by atoms with Crippen molar-refractivity contribution in [1.82, 2.24) is 5.32 Å². The van der Waals surface area contributed by atoms with Crippen molar-refractivity contribution < 1.29 is 23.1 Å². The van der Waals surface area contributed by atoms with E-state index >= 15 is 0 Å². The lowest BCUT2D eigenvalue weighted by atomic mass is 10.2. The van der Waals surface area contributed by atoms with Gasteiger partial charge in [0.25, 0.3) is 0 Å². The topological polar surface area (TPSA) is 73.9 Å². The Labute approximate surface area is 226 Å². The van der Waals surface area contributed by atoms with Crippen molar-refractivity contribution in [2.75, 3.05) is 0 Å². The molecule has 0 aliphatic heterocycles. The van der Waals surface area contributed by atoms with E-state index < -0.39 is 19.5 Å². The molecule has 0 fully saturated rings. The van der Waals surface area contributed by atoms with Gasteiger partial charge in [0, 0.05) is 8.95 Å². The summed E-state index contributed by atoms with van der Waals surface area (Å²) < 4.78 is 33.6. The smallest absolute Gasteiger partial charge is 0.445 e. The van der Waals surface area contributed by atoms with Crippen LogP contribution < -0.4 is 14.4 Å². The van der Waals surface area contributed by atoms with E-state index in [0.717, 1.165) is 14.5 Å². The van der Waals surface area contributed by atoms with Crippen LogP contribution in [0.1, 0.15) is 16.9 Å². The second kappa shape index (κ2) is 12.3. The molecule has 1 atom stereocenters. The van der Waals surface area contributed by atoms with E-state index in [1.54, 1.807) is 72.8 Å². The molecule has 0 heterocycles. The van der Waals surface area contributed by atoms with E-state index in [4.69, 9.17) is 13.8 Å². The molecule has 0 spiro atoms. The Morgan fingerprint density at radius 1 is 0.722 bits per heavy atom. The number of alkyl carbamates (subject to hydrolysis) is 1. The van der Waals surface area contributed by atoms with Crippen molar-refractivity contribution in [3.8, 4) is 11.5 Å². The fourth-order valence-electron chi connectivity index (χ4n) is 3.27. The summed E-state index contributed by atoms with van der Waals surface area (Å²) in [6, 6.07) is 31.9. The second-order valence-corrected chi connectivity index (χ2v) is 11.4. The molecule has 4 aromatic carbocycles. The van der Waals surface area contributed by atoms with Crippen LogP contribution in [0, 0.1) is 0 Å². The van der Waals surface area contributed by atoms with E-state index in [2.05, 4.69) is 37.2 Å². The number of ether oxygens (including phenoxy) is 1. The molecule has 0 saturated carbocycles. The average Bonchev–Trinajstić information content (AvgIpc) is 2.90. The summed E-state index contributed by atoms with van der Waals surface area (Å²) >= 11 is 6.77. The molecule has 4 aromatic rings. The number of benzene rings is 4. The fourth-order valence-corrected chi connectivity index (χ4v) is 5.67. The summed E-state index contributed by atoms with van der Waals surface area (Å²) in [6.07, 6.45) is -0.758. The zero-order valence-corrected chi connectivity index (χ0v) is 23.0. The molecule has 1 unspecified atom stereocenters. The van der Waals surface area contributed by atoms with Crippen molar-refractivity contribution in [1.29, 1.82) is 0 Å². The van der Waals surface area contributed by atoms with Gasteiger partial charge in [-0.2, -0.15) is 0 Å². The monoisotopic (exact) mass is 629 g/mol. The number of amides is 1. The van der Waals surface area contributed by atoms with Crippen molar-refractivity contribution in [2.45, 2.75) is 12.4 Å². The first-order valence-corrected chi connectivity index (χ1v) is 14.1. The molecular formula is C27H22Br2NO5P. The zero-order valence-electron chi connectivity index (χ0n) is 18.9. The second-order valence-electron chi connectivity index (χ2n) is 7.65. The van der Waals surface area contributed by atoms with E-state index in [1.807, 2.05) is 36.4 Å². The van der Waals surface area contributed by atoms with Crippen molar-refractivity contribution in [3.05, 3.63) is 129 Å². The summed E-state index contributed by atoms with van der Waals surface area (Å²) in [5.74, 6) is -0.521. The molecular weight excluding hydrogens is 609 g/mol. The van der Waals surface area contributed by atoms with Crippen LogP contribution in [-0.2, 0) is 15.9 Å². The largest absolute Gasteiger partial charge is 0.457 e. The zero-order chi connectivity index (χ0) is 25.4. The van der Waals surface area contributed by atoms with Gasteiger partial charge in [0.15, 0.2) is 5.78 Å². The highest BCUT2D eigenvalue weighted by molar-refractivity contribution is 9.10. The number of rotatable bonds is 9. The highest BCUT2D eigenvalue weighted by atomic mass is 79.9. The van der Waals surface area contributed by atoms with Gasteiger partial charge in [0.1, 0.15) is 18.1 Å². The van der Waals surface area contributed by atoms with E-state index in [1.165, 1.54) is 0 Å². The summed E-state index contributed by atoms with van der Waals surface area (Å²) in [6.45, 7) is 0.0552. The van der Waals surface area contributed by atoms with Crippen molar-refractivity contribution >= 4 is 45.5 Å². The first kappa shape index (κ1) is 26.0. The standard InChI is InChI=1S/C27H22Br2NO5P/c28-22-11-15-24(16-12-22)34-36(32,35-25-17-13-23(29)14-18-25)26(21-9-5-2-6-10-21)30-27(31)33-19-20-7-3-1-4-8-20/h1-18,26H,19H2,(H,30,31). The van der Waals surface area contributed by atoms with Crippen LogP contribution in [0.3, 0.4) is 0 Å². The van der Waals surface area contributed by atoms with Gasteiger partial charge in [-0.3, -0.25) is 0 Å². The third-order valence-corrected chi connectivity index (χ3v) is 8.04. The van der Waals surface area contributed by atoms with E-state index in [9.17, 15) is 9.36 Å². The molecule has 0 aliphatic rings. The number of nitrogens with one attached hydrogen (secondary N) is 1. The van der Waals surface area contributed by atoms with Crippen LogP contribution in [0.4, 0.5) is 4.79 Å².